The third kappa shape index (κ3) is 4.93. The largest absolute Gasteiger partial charge is 0.416 e. The molecule has 1 saturated heterocycles. The lowest BCUT2D eigenvalue weighted by Gasteiger charge is -2.17. The van der Waals surface area contributed by atoms with E-state index in [1.54, 1.807) is 0 Å². The highest BCUT2D eigenvalue weighted by Crippen LogP contribution is 2.31. The maximum atomic E-state index is 12.8. The summed E-state index contributed by atoms with van der Waals surface area (Å²) in [6, 6.07) is 9.68. The maximum absolute atomic E-state index is 12.8. The molecule has 1 aliphatic rings. The van der Waals surface area contributed by atoms with Crippen LogP contribution in [0, 0.1) is 0 Å². The molecule has 2 aromatic carbocycles. The summed E-state index contributed by atoms with van der Waals surface area (Å²) in [5, 5.41) is -0.555. The van der Waals surface area contributed by atoms with Crippen LogP contribution in [-0.4, -0.2) is 39.5 Å². The first-order valence-corrected chi connectivity index (χ1v) is 12.1. The summed E-state index contributed by atoms with van der Waals surface area (Å²) in [5.74, 6) is -0.634. The second-order valence-electron chi connectivity index (χ2n) is 6.72. The third-order valence-electron chi connectivity index (χ3n) is 4.69. The van der Waals surface area contributed by atoms with E-state index in [9.17, 15) is 30.0 Å². The van der Waals surface area contributed by atoms with Crippen LogP contribution >= 0.6 is 11.6 Å². The molecule has 2 aromatic rings. The minimum absolute atomic E-state index is 0.0103. The van der Waals surface area contributed by atoms with Crippen molar-refractivity contribution in [3.63, 3.8) is 0 Å². The normalized spacial score (nSPS) is 18.8. The van der Waals surface area contributed by atoms with E-state index in [4.69, 9.17) is 11.6 Å². The Morgan fingerprint density at radius 2 is 1.69 bits per heavy atom. The summed E-state index contributed by atoms with van der Waals surface area (Å²) >= 11 is 5.77. The van der Waals surface area contributed by atoms with Crippen molar-refractivity contribution in [2.24, 2.45) is 0 Å². The summed E-state index contributed by atoms with van der Waals surface area (Å²) in [7, 11) is -7.74. The third-order valence-corrected chi connectivity index (χ3v) is 8.95. The minimum atomic E-state index is -4.58. The number of halogens is 4. The first-order valence-electron chi connectivity index (χ1n) is 8.53. The van der Waals surface area contributed by atoms with Crippen LogP contribution in [0.4, 0.5) is 13.2 Å². The fraction of sp³-hybridized carbons (Fsp3) is 0.333. The smallest absolute Gasteiger partial charge is 0.223 e. The van der Waals surface area contributed by atoms with Crippen LogP contribution in [0.25, 0.3) is 0 Å². The average Bonchev–Trinajstić information content (AvgIpc) is 3.13. The molecule has 0 radical (unpaired) electrons. The molecule has 0 saturated carbocycles. The average molecular weight is 468 g/mol. The highest BCUT2D eigenvalue weighted by atomic mass is 35.5. The van der Waals surface area contributed by atoms with Crippen LogP contribution in [0.15, 0.2) is 53.4 Å². The molecule has 0 spiro atoms. The number of sulfone groups is 1. The van der Waals surface area contributed by atoms with Crippen molar-refractivity contribution in [2.75, 3.05) is 13.1 Å². The standard InChI is InChI=1S/C18H17ClF3NO4S2/c19-15-4-6-16(7-5-15)29(26,27)17-8-9-23(11-17)28(24,25)12-13-2-1-3-14(10-13)18(20,21)22/h1-7,10,17H,8-9,11-12H2. The van der Waals surface area contributed by atoms with Crippen molar-refractivity contribution < 1.29 is 30.0 Å². The fourth-order valence-corrected chi connectivity index (χ4v) is 6.65. The highest BCUT2D eigenvalue weighted by Gasteiger charge is 2.39. The molecule has 11 heteroatoms. The summed E-state index contributed by atoms with van der Waals surface area (Å²) in [4.78, 5) is 0.0454. The van der Waals surface area contributed by atoms with Crippen LogP contribution in [0.5, 0.6) is 0 Å². The van der Waals surface area contributed by atoms with Gasteiger partial charge in [0.1, 0.15) is 0 Å². The van der Waals surface area contributed by atoms with Crippen LogP contribution in [-0.2, 0) is 31.8 Å². The molecule has 0 amide bonds. The summed E-state index contributed by atoms with van der Waals surface area (Å²) in [6.45, 7) is -0.259. The minimum Gasteiger partial charge on any atom is -0.223 e. The molecule has 0 N–H and O–H groups in total. The molecule has 1 fully saturated rings. The Kier molecular flexibility index (Phi) is 6.01. The van der Waals surface area contributed by atoms with E-state index < -0.39 is 42.6 Å². The van der Waals surface area contributed by atoms with Gasteiger partial charge in [0.2, 0.25) is 10.0 Å². The van der Waals surface area contributed by atoms with Gasteiger partial charge in [-0.25, -0.2) is 21.1 Å². The second kappa shape index (κ2) is 7.90. The second-order valence-corrected chi connectivity index (χ2v) is 11.4. The summed E-state index contributed by atoms with van der Waals surface area (Å²) in [6.07, 6.45) is -4.47. The number of rotatable bonds is 5. The molecular weight excluding hydrogens is 451 g/mol. The Morgan fingerprint density at radius 1 is 1.03 bits per heavy atom. The van der Waals surface area contributed by atoms with E-state index >= 15 is 0 Å². The number of benzene rings is 2. The Morgan fingerprint density at radius 3 is 2.31 bits per heavy atom. The monoisotopic (exact) mass is 467 g/mol. The Balaban J connectivity index is 1.76. The summed E-state index contributed by atoms with van der Waals surface area (Å²) < 4.78 is 90.3. The van der Waals surface area contributed by atoms with Crippen LogP contribution < -0.4 is 0 Å². The molecule has 5 nitrogen and oxygen atoms in total. The Bertz CT molecular complexity index is 1100. The van der Waals surface area contributed by atoms with Gasteiger partial charge in [0.15, 0.2) is 9.84 Å². The molecular formula is C18H17ClF3NO4S2. The number of hydrogen-bond donors (Lipinski definition) is 0. The SMILES string of the molecule is O=S(=O)(c1ccc(Cl)cc1)C1CCN(S(=O)(=O)Cc2cccc(C(F)(F)F)c2)C1. The van der Waals surface area contributed by atoms with Crippen LogP contribution in [0.3, 0.4) is 0 Å². The number of nitrogens with zero attached hydrogens (tertiary/aromatic N) is 1. The van der Waals surface area contributed by atoms with E-state index in [-0.39, 0.29) is 30.0 Å². The first kappa shape index (κ1) is 22.1. The van der Waals surface area contributed by atoms with Crippen LogP contribution in [0.1, 0.15) is 17.5 Å². The molecule has 1 unspecified atom stereocenters. The number of alkyl halides is 3. The highest BCUT2D eigenvalue weighted by molar-refractivity contribution is 7.92. The first-order chi connectivity index (χ1) is 13.4. The zero-order chi connectivity index (χ0) is 21.4. The van der Waals surface area contributed by atoms with Crippen molar-refractivity contribution in [1.82, 2.24) is 4.31 Å². The Labute approximate surface area is 172 Å². The summed E-state index contributed by atoms with van der Waals surface area (Å²) in [5.41, 5.74) is -0.946. The van der Waals surface area contributed by atoms with E-state index in [0.29, 0.717) is 5.02 Å². The quantitative estimate of drug-likeness (QED) is 0.671. The lowest BCUT2D eigenvalue weighted by atomic mass is 10.1. The van der Waals surface area contributed by atoms with Gasteiger partial charge in [-0.15, -0.1) is 0 Å². The van der Waals surface area contributed by atoms with Gasteiger partial charge in [0.25, 0.3) is 0 Å². The fourth-order valence-electron chi connectivity index (χ4n) is 3.16. The van der Waals surface area contributed by atoms with Crippen molar-refractivity contribution >= 4 is 31.5 Å². The van der Waals surface area contributed by atoms with E-state index in [1.165, 1.54) is 30.3 Å². The van der Waals surface area contributed by atoms with Gasteiger partial charge >= 0.3 is 6.18 Å². The lowest BCUT2D eigenvalue weighted by Crippen LogP contribution is -2.32. The predicted molar refractivity (Wildman–Crippen MR) is 103 cm³/mol. The molecule has 1 atom stereocenters. The zero-order valence-electron chi connectivity index (χ0n) is 14.9. The van der Waals surface area contributed by atoms with Crippen molar-refractivity contribution in [2.45, 2.75) is 28.5 Å². The predicted octanol–water partition coefficient (Wildman–Crippen LogP) is 3.74. The van der Waals surface area contributed by atoms with Crippen molar-refractivity contribution in [3.8, 4) is 0 Å². The van der Waals surface area contributed by atoms with E-state index in [1.807, 2.05) is 0 Å². The molecule has 0 aromatic heterocycles. The van der Waals surface area contributed by atoms with E-state index in [0.717, 1.165) is 22.5 Å². The molecule has 158 valence electrons. The van der Waals surface area contributed by atoms with Gasteiger partial charge in [0.05, 0.1) is 21.5 Å². The van der Waals surface area contributed by atoms with Gasteiger partial charge in [-0.05, 0) is 42.3 Å². The lowest BCUT2D eigenvalue weighted by molar-refractivity contribution is -0.137. The van der Waals surface area contributed by atoms with Gasteiger partial charge in [-0.3, -0.25) is 0 Å². The van der Waals surface area contributed by atoms with Gasteiger partial charge in [-0.1, -0.05) is 29.8 Å². The molecule has 1 aliphatic heterocycles. The molecule has 3 rings (SSSR count). The van der Waals surface area contributed by atoms with E-state index in [2.05, 4.69) is 0 Å². The maximum Gasteiger partial charge on any atom is 0.416 e. The molecule has 0 bridgehead atoms. The van der Waals surface area contributed by atoms with Crippen molar-refractivity contribution in [3.05, 3.63) is 64.7 Å². The topological polar surface area (TPSA) is 71.5 Å². The Hall–Kier alpha value is -1.62. The van der Waals surface area contributed by atoms with Crippen LogP contribution in [0.2, 0.25) is 5.02 Å². The van der Waals surface area contributed by atoms with Gasteiger partial charge < -0.3 is 0 Å². The zero-order valence-corrected chi connectivity index (χ0v) is 17.3. The molecule has 0 aliphatic carbocycles. The number of sulfonamides is 1. The number of hydrogen-bond acceptors (Lipinski definition) is 4. The molecule has 29 heavy (non-hydrogen) atoms. The van der Waals surface area contributed by atoms with Crippen molar-refractivity contribution in [1.29, 1.82) is 0 Å². The molecule has 1 heterocycles. The van der Waals surface area contributed by atoms with Gasteiger partial charge in [-0.2, -0.15) is 13.2 Å². The van der Waals surface area contributed by atoms with Gasteiger partial charge in [0, 0.05) is 18.1 Å².